The van der Waals surface area contributed by atoms with E-state index in [9.17, 15) is 28.9 Å². The smallest absolute Gasteiger partial charge is 0.756 e. The minimum atomic E-state index is -4.95. The summed E-state index contributed by atoms with van der Waals surface area (Å²) in [6.45, 7) is 2.69. The van der Waals surface area contributed by atoms with Crippen LogP contribution >= 0.6 is 7.82 Å². The first-order chi connectivity index (χ1) is 25.1. The van der Waals surface area contributed by atoms with Gasteiger partial charge in [-0.1, -0.05) is 154 Å². The largest absolute Gasteiger partial charge is 1.00 e. The number of carbonyl (C=O) groups excluding carboxylic acids is 3. The molecule has 0 aliphatic heterocycles. The molecule has 53 heavy (non-hydrogen) atoms. The van der Waals surface area contributed by atoms with Crippen molar-refractivity contribution in [3.05, 3.63) is 12.2 Å². The number of ether oxygens (including phenoxy) is 2. The molecule has 1 unspecified atom stereocenters. The molecular formula is C40H75NNaO10P. The molecule has 0 aliphatic carbocycles. The molecule has 13 heteroatoms. The normalized spacial score (nSPS) is 13.7. The SMILES string of the molecule is CCCCCCCC/C=C/CCCCCCCC(=O)O[C@H](COC(=O)CCCCCCCCCCCCCCC)COP(=O)([O-])OC[C@H]([NH3+])C(=O)[O-].[Na+]. The van der Waals surface area contributed by atoms with Gasteiger partial charge in [0, 0.05) is 12.8 Å². The van der Waals surface area contributed by atoms with Crippen LogP contribution in [0.5, 0.6) is 0 Å². The number of carboxylic acid groups (broad SMARTS) is 1. The summed E-state index contributed by atoms with van der Waals surface area (Å²) in [7, 11) is -4.95. The van der Waals surface area contributed by atoms with Crippen molar-refractivity contribution in [2.24, 2.45) is 0 Å². The van der Waals surface area contributed by atoms with E-state index in [4.69, 9.17) is 14.0 Å². The quantitative estimate of drug-likeness (QED) is 0.0299. The first-order valence-corrected chi connectivity index (χ1v) is 22.2. The fourth-order valence-corrected chi connectivity index (χ4v) is 6.49. The zero-order valence-electron chi connectivity index (χ0n) is 34.0. The van der Waals surface area contributed by atoms with Gasteiger partial charge >= 0.3 is 41.5 Å². The number of unbranched alkanes of at least 4 members (excludes halogenated alkanes) is 23. The summed E-state index contributed by atoms with van der Waals surface area (Å²) in [4.78, 5) is 47.9. The van der Waals surface area contributed by atoms with E-state index in [0.29, 0.717) is 12.8 Å². The molecule has 0 rings (SSSR count). The number of quaternary nitrogens is 1. The standard InChI is InChI=1S/C40H76NO10P.Na/c1-3-5-7-9-11-13-15-17-18-20-22-24-26-28-30-32-39(43)51-36(34-49-52(46,47)50-35-37(41)40(44)45)33-48-38(42)31-29-27-25-23-21-19-16-14-12-10-8-6-4-2;/h17-18,36-37H,3-16,19-35,41H2,1-2H3,(H,44,45)(H,46,47);/q;+1/p-1/b18-17+;/t36-,37+;/m1./s1. The number of hydrogen-bond acceptors (Lipinski definition) is 10. The molecule has 0 aromatic carbocycles. The fourth-order valence-electron chi connectivity index (χ4n) is 5.71. The molecule has 0 saturated heterocycles. The van der Waals surface area contributed by atoms with Crippen LogP contribution in [0.15, 0.2) is 12.2 Å². The zero-order chi connectivity index (χ0) is 38.5. The Bertz CT molecular complexity index is 954. The van der Waals surface area contributed by atoms with Crippen molar-refractivity contribution in [3.63, 3.8) is 0 Å². The Balaban J connectivity index is 0. The van der Waals surface area contributed by atoms with Crippen LogP contribution in [-0.4, -0.2) is 49.9 Å². The fraction of sp³-hybridized carbons (Fsp3) is 0.875. The molecule has 0 spiro atoms. The van der Waals surface area contributed by atoms with Gasteiger partial charge in [-0.05, 0) is 38.5 Å². The zero-order valence-corrected chi connectivity index (χ0v) is 36.9. The minimum Gasteiger partial charge on any atom is -0.756 e. The number of aliphatic carboxylic acids is 1. The van der Waals surface area contributed by atoms with Crippen LogP contribution in [0.1, 0.15) is 194 Å². The molecule has 0 aliphatic rings. The van der Waals surface area contributed by atoms with E-state index in [2.05, 4.69) is 36.3 Å². The average molecular weight is 784 g/mol. The van der Waals surface area contributed by atoms with Gasteiger partial charge in [0.25, 0.3) is 7.82 Å². The summed E-state index contributed by atoms with van der Waals surface area (Å²) >= 11 is 0. The van der Waals surface area contributed by atoms with Crippen molar-refractivity contribution in [2.75, 3.05) is 19.8 Å². The number of allylic oxidation sites excluding steroid dienone is 2. The van der Waals surface area contributed by atoms with Crippen LogP contribution in [-0.2, 0) is 37.5 Å². The maximum absolute atomic E-state index is 12.6. The molecule has 0 radical (unpaired) electrons. The van der Waals surface area contributed by atoms with E-state index >= 15 is 0 Å². The van der Waals surface area contributed by atoms with E-state index in [1.165, 1.54) is 96.3 Å². The third-order valence-electron chi connectivity index (χ3n) is 9.04. The third kappa shape index (κ3) is 39.3. The number of esters is 2. The molecule has 11 nitrogen and oxygen atoms in total. The molecular weight excluding hydrogens is 708 g/mol. The van der Waals surface area contributed by atoms with E-state index < -0.39 is 51.1 Å². The number of rotatable bonds is 39. The van der Waals surface area contributed by atoms with Crippen LogP contribution in [0.4, 0.5) is 0 Å². The molecule has 3 atom stereocenters. The maximum Gasteiger partial charge on any atom is 1.00 e. The first-order valence-electron chi connectivity index (χ1n) is 20.7. The van der Waals surface area contributed by atoms with Crippen LogP contribution in [0.25, 0.3) is 0 Å². The van der Waals surface area contributed by atoms with Gasteiger partial charge in [0.15, 0.2) is 6.10 Å². The average Bonchev–Trinajstić information content (AvgIpc) is 3.12. The van der Waals surface area contributed by atoms with Crippen molar-refractivity contribution in [2.45, 2.75) is 206 Å². The van der Waals surface area contributed by atoms with Gasteiger partial charge in [-0.25, -0.2) is 0 Å². The van der Waals surface area contributed by atoms with E-state index in [-0.39, 0.29) is 49.0 Å². The summed E-state index contributed by atoms with van der Waals surface area (Å²) in [5.41, 5.74) is 3.24. The van der Waals surface area contributed by atoms with E-state index in [1.807, 2.05) is 0 Å². The second kappa shape index (κ2) is 39.5. The first kappa shape index (κ1) is 54.3. The van der Waals surface area contributed by atoms with Gasteiger partial charge < -0.3 is 39.0 Å². The number of phosphoric acid groups is 1. The van der Waals surface area contributed by atoms with Gasteiger partial charge in [0.2, 0.25) is 0 Å². The number of carboxylic acids is 1. The minimum absolute atomic E-state index is 0. The molecule has 0 amide bonds. The summed E-state index contributed by atoms with van der Waals surface area (Å²) in [5.74, 6) is -2.58. The Morgan fingerprint density at radius 1 is 0.585 bits per heavy atom. The Morgan fingerprint density at radius 3 is 1.40 bits per heavy atom. The molecule has 0 fully saturated rings. The summed E-state index contributed by atoms with van der Waals surface area (Å²) < 4.78 is 32.3. The third-order valence-corrected chi connectivity index (χ3v) is 9.97. The Hall–Kier alpha value is -0.780. The Kier molecular flexibility index (Phi) is 40.4. The second-order valence-corrected chi connectivity index (χ2v) is 15.6. The van der Waals surface area contributed by atoms with Crippen LogP contribution in [0, 0.1) is 0 Å². The van der Waals surface area contributed by atoms with Crippen molar-refractivity contribution in [1.82, 2.24) is 0 Å². The van der Waals surface area contributed by atoms with E-state index in [0.717, 1.165) is 57.8 Å². The van der Waals surface area contributed by atoms with Crippen LogP contribution < -0.4 is 45.3 Å². The van der Waals surface area contributed by atoms with Crippen molar-refractivity contribution in [1.29, 1.82) is 0 Å². The second-order valence-electron chi connectivity index (χ2n) is 14.2. The number of phosphoric ester groups is 1. The predicted molar refractivity (Wildman–Crippen MR) is 202 cm³/mol. The van der Waals surface area contributed by atoms with Gasteiger partial charge in [-0.15, -0.1) is 0 Å². The Labute approximate surface area is 344 Å². The van der Waals surface area contributed by atoms with Crippen LogP contribution in [0.2, 0.25) is 0 Å². The van der Waals surface area contributed by atoms with E-state index in [1.54, 1.807) is 0 Å². The molecule has 0 bridgehead atoms. The molecule has 0 heterocycles. The van der Waals surface area contributed by atoms with Gasteiger partial charge in [-0.2, -0.15) is 0 Å². The monoisotopic (exact) mass is 784 g/mol. The van der Waals surface area contributed by atoms with Gasteiger partial charge in [-0.3, -0.25) is 14.2 Å². The molecule has 0 saturated carbocycles. The topological polar surface area (TPSA) is 179 Å². The maximum atomic E-state index is 12.6. The molecule has 0 aromatic heterocycles. The predicted octanol–water partition coefficient (Wildman–Crippen LogP) is 4.83. The molecule has 0 aromatic rings. The molecule has 306 valence electrons. The van der Waals surface area contributed by atoms with Crippen molar-refractivity contribution in [3.8, 4) is 0 Å². The van der Waals surface area contributed by atoms with Gasteiger partial charge in [0.1, 0.15) is 25.2 Å². The Morgan fingerprint density at radius 2 is 0.962 bits per heavy atom. The number of carbonyl (C=O) groups is 3. The van der Waals surface area contributed by atoms with Crippen LogP contribution in [0.3, 0.4) is 0 Å². The summed E-state index contributed by atoms with van der Waals surface area (Å²) in [6.07, 6.45) is 34.0. The summed E-state index contributed by atoms with van der Waals surface area (Å²) in [5, 5.41) is 10.8. The van der Waals surface area contributed by atoms with Crippen molar-refractivity contribution >= 4 is 25.7 Å². The molecule has 3 N–H and O–H groups in total. The van der Waals surface area contributed by atoms with Gasteiger partial charge in [0.05, 0.1) is 6.61 Å². The van der Waals surface area contributed by atoms with Crippen molar-refractivity contribution < 1.29 is 82.8 Å². The number of hydrogen-bond donors (Lipinski definition) is 1. The summed E-state index contributed by atoms with van der Waals surface area (Å²) in [6, 6.07) is -1.42.